The fraction of sp³-hybridized carbons (Fsp3) is 0.594. The van der Waals surface area contributed by atoms with E-state index in [-0.39, 0.29) is 30.9 Å². The summed E-state index contributed by atoms with van der Waals surface area (Å²) in [5.41, 5.74) is -1.30. The predicted molar refractivity (Wildman–Crippen MR) is 156 cm³/mol. The number of unbranched alkanes of at least 4 members (excludes halogenated alkanes) is 2. The Bertz CT molecular complexity index is 1110. The summed E-state index contributed by atoms with van der Waals surface area (Å²) in [5, 5.41) is 10.3. The van der Waals surface area contributed by atoms with Crippen LogP contribution in [0.1, 0.15) is 59.3 Å². The van der Waals surface area contributed by atoms with E-state index in [0.29, 0.717) is 32.4 Å². The number of benzene rings is 1. The fourth-order valence-electron chi connectivity index (χ4n) is 7.23. The lowest BCUT2D eigenvalue weighted by Crippen LogP contribution is -2.58. The lowest BCUT2D eigenvalue weighted by molar-refractivity contribution is -0.154. The number of aliphatic hydroxyl groups is 1. The van der Waals surface area contributed by atoms with E-state index in [1.165, 1.54) is 0 Å². The molecule has 1 spiro atoms. The number of fused-ring (bicyclic) bond motifs is 1. The van der Waals surface area contributed by atoms with Crippen LogP contribution in [0.3, 0.4) is 0 Å². The second-order valence-electron chi connectivity index (χ2n) is 11.6. The molecule has 6 atom stereocenters. The van der Waals surface area contributed by atoms with E-state index in [4.69, 9.17) is 4.74 Å². The lowest BCUT2D eigenvalue weighted by Gasteiger charge is -2.39. The summed E-state index contributed by atoms with van der Waals surface area (Å²) in [5.74, 6) is -2.25. The van der Waals surface area contributed by atoms with Crippen LogP contribution in [-0.2, 0) is 19.1 Å². The summed E-state index contributed by atoms with van der Waals surface area (Å²) in [7, 11) is 0. The molecule has 2 bridgehead atoms. The van der Waals surface area contributed by atoms with Crippen LogP contribution in [0.4, 0.5) is 5.69 Å². The number of ether oxygens (including phenoxy) is 1. The molecule has 4 rings (SSSR count). The Balaban J connectivity index is 1.79. The first-order valence-corrected chi connectivity index (χ1v) is 14.7. The number of amides is 3. The van der Waals surface area contributed by atoms with Gasteiger partial charge in [-0.3, -0.25) is 14.4 Å². The number of likely N-dealkylation sites (tertiary alicyclic amines) is 1. The molecule has 0 saturated carbocycles. The molecule has 1 aromatic rings. The van der Waals surface area contributed by atoms with Gasteiger partial charge in [0.05, 0.1) is 30.1 Å². The van der Waals surface area contributed by atoms with Gasteiger partial charge in [0.1, 0.15) is 11.6 Å². The average Bonchev–Trinajstić information content (AvgIpc) is 3.53. The van der Waals surface area contributed by atoms with Crippen LogP contribution < -0.4 is 4.90 Å². The first-order valence-electron chi connectivity index (χ1n) is 14.7. The number of hydrogen-bond acceptors (Lipinski definition) is 5. The molecule has 3 aliphatic rings. The van der Waals surface area contributed by atoms with Crippen LogP contribution in [0.25, 0.3) is 0 Å². The molecule has 1 aromatic carbocycles. The van der Waals surface area contributed by atoms with Crippen molar-refractivity contribution >= 4 is 23.4 Å². The number of nitrogens with zero attached hydrogens (tertiary/aromatic N) is 3. The number of aliphatic hydroxyl groups excluding tert-OH is 1. The summed E-state index contributed by atoms with van der Waals surface area (Å²) in [6, 6.07) is 7.91. The molecule has 218 valence electrons. The monoisotopic (exact) mass is 551 g/mol. The van der Waals surface area contributed by atoms with Gasteiger partial charge >= 0.3 is 0 Å². The van der Waals surface area contributed by atoms with Gasteiger partial charge in [0.15, 0.2) is 0 Å². The van der Waals surface area contributed by atoms with Crippen LogP contribution in [-0.4, -0.2) is 82.2 Å². The highest BCUT2D eigenvalue weighted by Crippen LogP contribution is 2.64. The molecule has 0 aliphatic carbocycles. The van der Waals surface area contributed by atoms with Crippen molar-refractivity contribution in [3.63, 3.8) is 0 Å². The third kappa shape index (κ3) is 4.90. The van der Waals surface area contributed by atoms with Crippen molar-refractivity contribution < 1.29 is 24.2 Å². The Morgan fingerprint density at radius 3 is 2.42 bits per heavy atom. The van der Waals surface area contributed by atoms with Gasteiger partial charge in [0.25, 0.3) is 0 Å². The fourth-order valence-corrected chi connectivity index (χ4v) is 7.23. The van der Waals surface area contributed by atoms with Crippen LogP contribution >= 0.6 is 0 Å². The minimum atomic E-state index is -1.13. The second-order valence-corrected chi connectivity index (χ2v) is 11.6. The number of anilines is 1. The van der Waals surface area contributed by atoms with Gasteiger partial charge in [0, 0.05) is 25.3 Å². The van der Waals surface area contributed by atoms with Gasteiger partial charge in [-0.05, 0) is 44.7 Å². The average molecular weight is 552 g/mol. The van der Waals surface area contributed by atoms with E-state index in [1.807, 2.05) is 44.2 Å². The lowest BCUT2D eigenvalue weighted by atomic mass is 9.66. The van der Waals surface area contributed by atoms with Crippen LogP contribution in [0, 0.1) is 11.8 Å². The van der Waals surface area contributed by atoms with Crippen molar-refractivity contribution in [1.29, 1.82) is 0 Å². The highest BCUT2D eigenvalue weighted by atomic mass is 16.5. The maximum absolute atomic E-state index is 14.4. The SMILES string of the molecule is C=CCN(CCCCC)C(=O)C1N([C@@H](CC)CO)C(=O)[C@@H]2[C@H](C(=O)N(CC=C)c3ccccc3)[C@]3(C)CCC12O3. The van der Waals surface area contributed by atoms with Crippen molar-refractivity contribution in [2.24, 2.45) is 11.8 Å². The van der Waals surface area contributed by atoms with Gasteiger partial charge in [-0.1, -0.05) is 57.0 Å². The first kappa shape index (κ1) is 30.0. The maximum Gasteiger partial charge on any atom is 0.248 e. The van der Waals surface area contributed by atoms with E-state index in [1.54, 1.807) is 26.9 Å². The van der Waals surface area contributed by atoms with Crippen molar-refractivity contribution in [2.45, 2.75) is 82.6 Å². The zero-order valence-corrected chi connectivity index (χ0v) is 24.3. The third-order valence-electron chi connectivity index (χ3n) is 9.13. The highest BCUT2D eigenvalue weighted by molar-refractivity contribution is 6.03. The Morgan fingerprint density at radius 2 is 1.82 bits per heavy atom. The van der Waals surface area contributed by atoms with Gasteiger partial charge in [-0.25, -0.2) is 0 Å². The van der Waals surface area contributed by atoms with E-state index in [2.05, 4.69) is 20.1 Å². The normalized spacial score (nSPS) is 29.2. The molecule has 8 heteroatoms. The van der Waals surface area contributed by atoms with Gasteiger partial charge in [-0.15, -0.1) is 13.2 Å². The Labute approximate surface area is 238 Å². The minimum Gasteiger partial charge on any atom is -0.394 e. The largest absolute Gasteiger partial charge is 0.394 e. The van der Waals surface area contributed by atoms with E-state index in [9.17, 15) is 19.5 Å². The molecule has 3 amide bonds. The molecule has 0 radical (unpaired) electrons. The molecule has 2 unspecified atom stereocenters. The number of hydrogen-bond donors (Lipinski definition) is 1. The zero-order valence-electron chi connectivity index (χ0n) is 24.3. The molecule has 3 fully saturated rings. The maximum atomic E-state index is 14.4. The molecule has 40 heavy (non-hydrogen) atoms. The molecule has 3 saturated heterocycles. The van der Waals surface area contributed by atoms with Crippen LogP contribution in [0.15, 0.2) is 55.6 Å². The molecule has 3 aliphatic heterocycles. The van der Waals surface area contributed by atoms with Gasteiger partial charge < -0.3 is 24.5 Å². The van der Waals surface area contributed by atoms with E-state index < -0.39 is 35.1 Å². The van der Waals surface area contributed by atoms with Gasteiger partial charge in [-0.2, -0.15) is 0 Å². The second kappa shape index (κ2) is 12.3. The third-order valence-corrected chi connectivity index (χ3v) is 9.13. The summed E-state index contributed by atoms with van der Waals surface area (Å²) in [6.45, 7) is 14.6. The molecular formula is C32H45N3O5. The van der Waals surface area contributed by atoms with Crippen LogP contribution in [0.2, 0.25) is 0 Å². The van der Waals surface area contributed by atoms with Crippen LogP contribution in [0.5, 0.6) is 0 Å². The Kier molecular flexibility index (Phi) is 9.20. The predicted octanol–water partition coefficient (Wildman–Crippen LogP) is 3.95. The molecular weight excluding hydrogens is 506 g/mol. The molecule has 0 aromatic heterocycles. The molecule has 8 nitrogen and oxygen atoms in total. The summed E-state index contributed by atoms with van der Waals surface area (Å²) in [6.07, 6.45) is 7.78. The number of carbonyl (C=O) groups is 3. The summed E-state index contributed by atoms with van der Waals surface area (Å²) in [4.78, 5) is 48.2. The van der Waals surface area contributed by atoms with Crippen molar-refractivity contribution in [3.8, 4) is 0 Å². The van der Waals surface area contributed by atoms with Crippen molar-refractivity contribution in [3.05, 3.63) is 55.6 Å². The summed E-state index contributed by atoms with van der Waals surface area (Å²) >= 11 is 0. The minimum absolute atomic E-state index is 0.192. The Hall–Kier alpha value is -2.97. The standard InChI is InChI=1S/C32H45N3O5/c1-6-10-14-21-33(19-7-2)30(39)27-32-18-17-31(5,40-32)25(26(32)29(38)35(27)23(9-4)22-36)28(37)34(20-8-3)24-15-12-11-13-16-24/h7-8,11-13,15-16,23,25-27,36H,2-3,6,9-10,14,17-22H2,1,4-5H3/t23-,25+,26-,27?,31-,32?/m0/s1. The number of rotatable bonds is 14. The van der Waals surface area contributed by atoms with Gasteiger partial charge in [0.2, 0.25) is 17.7 Å². The van der Waals surface area contributed by atoms with Crippen molar-refractivity contribution in [1.82, 2.24) is 9.80 Å². The van der Waals surface area contributed by atoms with E-state index in [0.717, 1.165) is 24.9 Å². The highest BCUT2D eigenvalue weighted by Gasteiger charge is 2.78. The molecule has 3 heterocycles. The van der Waals surface area contributed by atoms with Crippen molar-refractivity contribution in [2.75, 3.05) is 31.1 Å². The topological polar surface area (TPSA) is 90.4 Å². The van der Waals surface area contributed by atoms with E-state index >= 15 is 0 Å². The first-order chi connectivity index (χ1) is 19.2. The number of para-hydroxylation sites is 1. The Morgan fingerprint density at radius 1 is 1.12 bits per heavy atom. The summed E-state index contributed by atoms with van der Waals surface area (Å²) < 4.78 is 6.81. The smallest absolute Gasteiger partial charge is 0.248 e. The quantitative estimate of drug-likeness (QED) is 0.279. The molecule has 1 N–H and O–H groups in total. The number of carbonyl (C=O) groups excluding carboxylic acids is 3. The zero-order chi connectivity index (χ0) is 29.1.